The number of hydrogen-bond acceptors (Lipinski definition) is 0. The van der Waals surface area contributed by atoms with Crippen LogP contribution in [0, 0.1) is 0 Å². The Morgan fingerprint density at radius 1 is 0.565 bits per heavy atom. The highest BCUT2D eigenvalue weighted by atomic mass is 31.1. The normalized spacial score (nSPS) is 13.7. The molecule has 0 aliphatic carbocycles. The van der Waals surface area contributed by atoms with E-state index in [4.69, 9.17) is 0 Å². The summed E-state index contributed by atoms with van der Waals surface area (Å²) in [6.45, 7) is 15.5. The zero-order valence-corrected chi connectivity index (χ0v) is 16.3. The van der Waals surface area contributed by atoms with Gasteiger partial charge < -0.3 is 0 Å². The van der Waals surface area contributed by atoms with Crippen LogP contribution in [0.4, 0.5) is 0 Å². The van der Waals surface area contributed by atoms with E-state index in [0.717, 1.165) is 32.7 Å². The molecule has 0 N–H and O–H groups in total. The van der Waals surface area contributed by atoms with Gasteiger partial charge in [-0.25, -0.2) is 0 Å². The fourth-order valence-corrected chi connectivity index (χ4v) is 5.00. The summed E-state index contributed by atoms with van der Waals surface area (Å²) in [7, 11) is 1.07. The molecule has 0 rings (SSSR count). The van der Waals surface area contributed by atoms with Crippen molar-refractivity contribution in [2.75, 3.05) is 0 Å². The molecular formula is C22H39P. The fraction of sp³-hybridized carbons (Fsp3) is 0.636. The lowest BCUT2D eigenvalue weighted by molar-refractivity contribution is 0.610. The van der Waals surface area contributed by atoms with Crippen LogP contribution in [0.1, 0.15) is 77.0 Å². The van der Waals surface area contributed by atoms with Gasteiger partial charge in [-0.05, 0) is 62.7 Å². The molecule has 0 fully saturated rings. The Balaban J connectivity index is 4.11. The zero-order valence-electron chi connectivity index (χ0n) is 15.3. The standard InChI is InChI=1S/C22H39P/c1-5-9-11-13-15-19-21(17-7-3)23-22(18-8-4)20-16-14-12-10-6-2/h5-8,21-23H,1-4,9-20H2. The van der Waals surface area contributed by atoms with Crippen LogP contribution in [0.3, 0.4) is 0 Å². The first-order valence-electron chi connectivity index (χ1n) is 9.48. The van der Waals surface area contributed by atoms with Crippen molar-refractivity contribution < 1.29 is 0 Å². The van der Waals surface area contributed by atoms with Gasteiger partial charge in [0.1, 0.15) is 0 Å². The van der Waals surface area contributed by atoms with Crippen LogP contribution in [-0.2, 0) is 0 Å². The molecule has 0 aliphatic rings. The van der Waals surface area contributed by atoms with Crippen LogP contribution in [0.25, 0.3) is 0 Å². The van der Waals surface area contributed by atoms with Gasteiger partial charge in [-0.2, -0.15) is 0 Å². The third kappa shape index (κ3) is 14.7. The molecule has 0 saturated carbocycles. The van der Waals surface area contributed by atoms with E-state index >= 15 is 0 Å². The topological polar surface area (TPSA) is 0 Å². The smallest absolute Gasteiger partial charge is 0.0200 e. The SMILES string of the molecule is C=CCCCCCC(CC=C)PC(CC=C)CCCCCC=C. The molecule has 0 heterocycles. The third-order valence-electron chi connectivity index (χ3n) is 4.30. The van der Waals surface area contributed by atoms with Crippen LogP contribution in [0.15, 0.2) is 50.6 Å². The van der Waals surface area contributed by atoms with Crippen molar-refractivity contribution in [1.29, 1.82) is 0 Å². The van der Waals surface area contributed by atoms with Crippen molar-refractivity contribution in [1.82, 2.24) is 0 Å². The molecule has 23 heavy (non-hydrogen) atoms. The molecule has 0 aliphatic heterocycles. The van der Waals surface area contributed by atoms with E-state index in [1.165, 1.54) is 64.2 Å². The number of hydrogen-bond donors (Lipinski definition) is 0. The van der Waals surface area contributed by atoms with E-state index in [2.05, 4.69) is 38.5 Å². The Morgan fingerprint density at radius 3 is 1.35 bits per heavy atom. The summed E-state index contributed by atoms with van der Waals surface area (Å²) < 4.78 is 0. The van der Waals surface area contributed by atoms with Crippen molar-refractivity contribution in [2.45, 2.75) is 88.4 Å². The van der Waals surface area contributed by atoms with Crippen LogP contribution >= 0.6 is 8.58 Å². The molecule has 0 radical (unpaired) electrons. The Morgan fingerprint density at radius 2 is 1.00 bits per heavy atom. The molecule has 2 atom stereocenters. The number of allylic oxidation sites excluding steroid dienone is 4. The average Bonchev–Trinajstić information content (AvgIpc) is 2.54. The Bertz CT molecular complexity index is 275. The first-order valence-corrected chi connectivity index (χ1v) is 10.6. The first-order chi connectivity index (χ1) is 11.3. The maximum Gasteiger partial charge on any atom is -0.0200 e. The highest BCUT2D eigenvalue weighted by Crippen LogP contribution is 2.36. The van der Waals surface area contributed by atoms with Gasteiger partial charge in [0.25, 0.3) is 0 Å². The van der Waals surface area contributed by atoms with Crippen molar-refractivity contribution >= 4 is 8.58 Å². The molecule has 0 amide bonds. The van der Waals surface area contributed by atoms with Crippen molar-refractivity contribution in [3.05, 3.63) is 50.6 Å². The largest absolute Gasteiger partial charge is 0.115 e. The minimum atomic E-state index is 0.842. The maximum atomic E-state index is 3.97. The van der Waals surface area contributed by atoms with E-state index in [1.807, 2.05) is 12.2 Å². The molecule has 0 bridgehead atoms. The average molecular weight is 335 g/mol. The predicted octanol–water partition coefficient (Wildman–Crippen LogP) is 7.83. The molecule has 0 aromatic carbocycles. The lowest BCUT2D eigenvalue weighted by atomic mass is 10.1. The van der Waals surface area contributed by atoms with Gasteiger partial charge in [0.2, 0.25) is 0 Å². The van der Waals surface area contributed by atoms with E-state index in [9.17, 15) is 0 Å². The van der Waals surface area contributed by atoms with Gasteiger partial charge in [-0.1, -0.05) is 50.0 Å². The first kappa shape index (κ1) is 22.4. The van der Waals surface area contributed by atoms with E-state index in [0.29, 0.717) is 0 Å². The molecule has 1 heteroatoms. The Kier molecular flexibility index (Phi) is 17.3. The van der Waals surface area contributed by atoms with Crippen LogP contribution in [-0.4, -0.2) is 11.3 Å². The van der Waals surface area contributed by atoms with E-state index < -0.39 is 0 Å². The van der Waals surface area contributed by atoms with Gasteiger partial charge in [0.15, 0.2) is 0 Å². The Hall–Kier alpha value is -0.610. The van der Waals surface area contributed by atoms with Gasteiger partial charge >= 0.3 is 0 Å². The zero-order chi connectivity index (χ0) is 17.2. The molecular weight excluding hydrogens is 295 g/mol. The summed E-state index contributed by atoms with van der Waals surface area (Å²) in [6, 6.07) is 0. The quantitative estimate of drug-likeness (QED) is 0.136. The summed E-state index contributed by atoms with van der Waals surface area (Å²) in [6.07, 6.45) is 23.8. The van der Waals surface area contributed by atoms with Gasteiger partial charge in [-0.3, -0.25) is 0 Å². The van der Waals surface area contributed by atoms with Crippen LogP contribution in [0.5, 0.6) is 0 Å². The number of unbranched alkanes of at least 4 members (excludes halogenated alkanes) is 6. The monoisotopic (exact) mass is 334 g/mol. The third-order valence-corrected chi connectivity index (χ3v) is 6.29. The molecule has 132 valence electrons. The molecule has 0 saturated heterocycles. The second-order valence-corrected chi connectivity index (χ2v) is 8.43. The van der Waals surface area contributed by atoms with Gasteiger partial charge in [-0.15, -0.1) is 34.9 Å². The fourth-order valence-electron chi connectivity index (χ4n) is 2.99. The highest BCUT2D eigenvalue weighted by molar-refractivity contribution is 7.39. The lowest BCUT2D eigenvalue weighted by Gasteiger charge is -2.22. The van der Waals surface area contributed by atoms with Crippen molar-refractivity contribution in [2.24, 2.45) is 0 Å². The van der Waals surface area contributed by atoms with Crippen LogP contribution < -0.4 is 0 Å². The summed E-state index contributed by atoms with van der Waals surface area (Å²) in [5.74, 6) is 0. The minimum Gasteiger partial charge on any atom is -0.115 e. The maximum absolute atomic E-state index is 3.97. The second kappa shape index (κ2) is 17.7. The van der Waals surface area contributed by atoms with Crippen LogP contribution in [0.2, 0.25) is 0 Å². The van der Waals surface area contributed by atoms with E-state index in [-0.39, 0.29) is 0 Å². The Labute approximate surface area is 148 Å². The molecule has 0 aromatic rings. The minimum absolute atomic E-state index is 0.842. The summed E-state index contributed by atoms with van der Waals surface area (Å²) in [5, 5.41) is 0. The molecule has 0 aromatic heterocycles. The number of rotatable bonds is 18. The lowest BCUT2D eigenvalue weighted by Crippen LogP contribution is -2.08. The molecule has 0 nitrogen and oxygen atoms in total. The summed E-state index contributed by atoms with van der Waals surface area (Å²) in [4.78, 5) is 0. The summed E-state index contributed by atoms with van der Waals surface area (Å²) in [5.41, 5.74) is 1.68. The molecule has 2 unspecified atom stereocenters. The highest BCUT2D eigenvalue weighted by Gasteiger charge is 2.14. The van der Waals surface area contributed by atoms with Gasteiger partial charge in [0, 0.05) is 0 Å². The van der Waals surface area contributed by atoms with E-state index in [1.54, 1.807) is 0 Å². The van der Waals surface area contributed by atoms with Crippen molar-refractivity contribution in [3.63, 3.8) is 0 Å². The second-order valence-electron chi connectivity index (χ2n) is 6.46. The van der Waals surface area contributed by atoms with Gasteiger partial charge in [0.05, 0.1) is 0 Å². The molecule has 0 spiro atoms. The van der Waals surface area contributed by atoms with Crippen molar-refractivity contribution in [3.8, 4) is 0 Å². The predicted molar refractivity (Wildman–Crippen MR) is 112 cm³/mol. The summed E-state index contributed by atoms with van der Waals surface area (Å²) >= 11 is 0.